The number of halogens is 4. The maximum Gasteiger partial charge on any atom is 0.338 e. The lowest BCUT2D eigenvalue weighted by Crippen LogP contribution is -2.55. The average Bonchev–Trinajstić information content (AvgIpc) is 0.931. The van der Waals surface area contributed by atoms with E-state index < -0.39 is 65.0 Å². The molecule has 37 heteroatoms. The molecule has 4 N–H and O–H groups in total. The Bertz CT molecular complexity index is 7130. The number of fused-ring (bicyclic) bond motifs is 1. The first-order valence-electron chi connectivity index (χ1n) is 39.3. The average molecular weight is 1870 g/mol. The second-order valence-electron chi connectivity index (χ2n) is 29.7. The van der Waals surface area contributed by atoms with Crippen molar-refractivity contribution in [2.45, 2.75) is 86.0 Å². The summed E-state index contributed by atoms with van der Waals surface area (Å²) >= 11 is 24.5. The van der Waals surface area contributed by atoms with Crippen LogP contribution in [0.2, 0.25) is 20.6 Å². The molecule has 666 valence electrons. The zero-order valence-electron chi connectivity index (χ0n) is 72.4. The van der Waals surface area contributed by atoms with Crippen molar-refractivity contribution < 1.29 is 50.2 Å². The third kappa shape index (κ3) is 22.4. The van der Waals surface area contributed by atoms with Crippen LogP contribution in [-0.2, 0) is 36.9 Å². The Labute approximate surface area is 774 Å². The summed E-state index contributed by atoms with van der Waals surface area (Å²) < 4.78 is 81.8. The van der Waals surface area contributed by atoms with Crippen LogP contribution in [0.3, 0.4) is 0 Å². The molecule has 1 fully saturated rings. The first kappa shape index (κ1) is 96.7. The number of aromatic nitrogens is 8. The largest absolute Gasteiger partial charge is 0.859 e. The van der Waals surface area contributed by atoms with Gasteiger partial charge in [-0.2, -0.15) is 35.2 Å². The van der Waals surface area contributed by atoms with Crippen LogP contribution in [-0.4, -0.2) is 102 Å². The van der Waals surface area contributed by atoms with Crippen molar-refractivity contribution in [2.24, 2.45) is 7.05 Å². The van der Waals surface area contributed by atoms with Gasteiger partial charge in [-0.05, 0) is 269 Å². The summed E-state index contributed by atoms with van der Waals surface area (Å²) in [4.78, 5) is 96.7. The lowest BCUT2D eigenvalue weighted by Gasteiger charge is -2.33. The molecule has 13 rings (SSSR count). The quantitative estimate of drug-likeness (QED) is 0.00987. The molecule has 3 aromatic heterocycles. The standard InChI is InChI=1S/C36H40N4O6.C32H22Cl4N10O6S2.C26H20N4O/c1-18(12-14-27-31(41)37(10)35(45)39(33(27)43)29-16-19(2)21(4)23(6)25(29)8)13-15-28-32(42)38(11)36(46)40(34(28)44)30-17-20(3)22(5)24(7)26(30)9;33-21-5-1-3-7-23(21)39-31-43-27(35)41-29(45-31)37-19-13-11-17(25(15-19)53(47,48)49)9-10-18-12-14-20(16-26(18)54(50,51)52)38-30-42-28(36)44-32(46-30)40-24-8-4-2-6-22(24)34;1-18-9-12-20(13-10-18)26(22(17-28)29-3)21(16-27)7-5-6-8-25-30(4)23-15-19(2)11-14-24(23)31-25/h12-17,41H,1-11H3;1-16H,(H,47,48,49)(H,50,51,52)(H2,37,39,41,43,45)(H2,38,40,42,44,46);5-15H,1-2,4H3/p-3/b;10-9+;6-5+,21-7+,25-8-,26-22+. The van der Waals surface area contributed by atoms with Gasteiger partial charge in [0, 0.05) is 43.7 Å². The molecule has 11 aromatic rings. The highest BCUT2D eigenvalue weighted by Crippen LogP contribution is 2.40. The van der Waals surface area contributed by atoms with Gasteiger partial charge in [-0.3, -0.25) is 19.3 Å². The molecular formula is C94H79Cl4N18O13S2-3. The number of nitrogens with one attached hydrogen (secondary N) is 4. The van der Waals surface area contributed by atoms with Crippen LogP contribution in [0.5, 0.6) is 11.6 Å². The van der Waals surface area contributed by atoms with E-state index in [9.17, 15) is 65.5 Å². The zero-order chi connectivity index (χ0) is 95.5. The van der Waals surface area contributed by atoms with Crippen LogP contribution >= 0.6 is 46.4 Å². The SMILES string of the molecule is CC(C=Cc1c([O-])n(C)c(=O)n(-c2cc(C)c(C)c(C)c2C)c1=O)=CC=C1C(=O)N(C)C(=O)N(c2cc(C)c(C)c(C)c2C)C1=O.O=S(=O)([O-])c1cc(Nc2nc(Cl)nc(Nc3ccccc3Cl)n2)ccc1/C=C/c1ccc(Nc2nc(Cl)nc(Nc3ccccc3Cl)n2)cc1S(=O)(=O)[O-].[C-]#[N+]/C(C#N)=C(/C(C#N)=C/C=C/C=C1\Oc2ccc(C)cc2N1C)c1ccc(C)cc1. The van der Waals surface area contributed by atoms with Crippen molar-refractivity contribution in [3.8, 4) is 29.5 Å². The highest BCUT2D eigenvalue weighted by Gasteiger charge is 2.42. The van der Waals surface area contributed by atoms with Gasteiger partial charge in [-0.15, -0.1) is 0 Å². The summed E-state index contributed by atoms with van der Waals surface area (Å²) in [5.74, 6) is -0.980. The van der Waals surface area contributed by atoms with Crippen LogP contribution in [0, 0.1) is 98.5 Å². The molecule has 0 radical (unpaired) electrons. The monoisotopic (exact) mass is 1870 g/mol. The highest BCUT2D eigenvalue weighted by molar-refractivity contribution is 7.86. The number of amides is 4. The Morgan fingerprint density at radius 1 is 0.534 bits per heavy atom. The van der Waals surface area contributed by atoms with Gasteiger partial charge in [-0.25, -0.2) is 46.0 Å². The van der Waals surface area contributed by atoms with E-state index in [1.54, 1.807) is 91.9 Å². The van der Waals surface area contributed by atoms with E-state index in [1.807, 2.05) is 124 Å². The maximum atomic E-state index is 13.6. The second-order valence-corrected chi connectivity index (χ2v) is 33.9. The van der Waals surface area contributed by atoms with E-state index in [4.69, 9.17) is 57.7 Å². The molecule has 0 unspecified atom stereocenters. The molecule has 0 spiro atoms. The minimum absolute atomic E-state index is 0.0134. The van der Waals surface area contributed by atoms with Crippen molar-refractivity contribution in [1.29, 1.82) is 10.5 Å². The Kier molecular flexibility index (Phi) is 30.3. The molecule has 131 heavy (non-hydrogen) atoms. The fraction of sp³-hybridized carbons (Fsp3) is 0.149. The molecular weight excluding hydrogens is 1800 g/mol. The molecule has 5 heterocycles. The number of imide groups is 2. The van der Waals surface area contributed by atoms with Crippen LogP contribution in [0.15, 0.2) is 230 Å². The lowest BCUT2D eigenvalue weighted by molar-refractivity contribution is -0.280. The van der Waals surface area contributed by atoms with Gasteiger partial charge in [0.1, 0.15) is 25.8 Å². The Morgan fingerprint density at radius 2 is 1.03 bits per heavy atom. The second kappa shape index (κ2) is 41.0. The molecule has 2 aliphatic heterocycles. The van der Waals surface area contributed by atoms with Crippen molar-refractivity contribution >= 4 is 166 Å². The van der Waals surface area contributed by atoms with Gasteiger partial charge in [0.15, 0.2) is 11.6 Å². The fourth-order valence-electron chi connectivity index (χ4n) is 13.3. The Hall–Kier alpha value is -15.0. The van der Waals surface area contributed by atoms with Gasteiger partial charge in [0.25, 0.3) is 23.1 Å². The number of benzene rings is 8. The molecule has 0 bridgehead atoms. The Balaban J connectivity index is 0.000000197. The molecule has 1 saturated heterocycles. The minimum Gasteiger partial charge on any atom is -0.859 e. The highest BCUT2D eigenvalue weighted by atomic mass is 35.5. The molecule has 31 nitrogen and oxygen atoms in total. The first-order valence-corrected chi connectivity index (χ1v) is 43.6. The minimum atomic E-state index is -5.10. The summed E-state index contributed by atoms with van der Waals surface area (Å²) in [6.07, 6.45) is 14.8. The molecule has 8 aromatic carbocycles. The lowest BCUT2D eigenvalue weighted by atomic mass is 9.95. The van der Waals surface area contributed by atoms with Gasteiger partial charge in [-0.1, -0.05) is 138 Å². The number of hydrogen-bond donors (Lipinski definition) is 4. The summed E-state index contributed by atoms with van der Waals surface area (Å²) in [5.41, 5.74) is 11.8. The number of carbonyl (C=O) groups excluding carboxylic acids is 3. The van der Waals surface area contributed by atoms with Crippen LogP contribution < -0.4 is 52.2 Å². The normalized spacial score (nSPS) is 13.7. The first-order chi connectivity index (χ1) is 62.0. The molecule has 4 amide bonds. The van der Waals surface area contributed by atoms with E-state index in [0.29, 0.717) is 55.4 Å². The van der Waals surface area contributed by atoms with Crippen molar-refractivity contribution in [3.05, 3.63) is 341 Å². The van der Waals surface area contributed by atoms with E-state index >= 15 is 0 Å². The topological polar surface area (TPSA) is 429 Å². The number of ether oxygens (including phenoxy) is 1. The molecule has 0 saturated carbocycles. The Morgan fingerprint density at radius 3 is 1.53 bits per heavy atom. The molecule has 0 aliphatic carbocycles. The van der Waals surface area contributed by atoms with Gasteiger partial charge in [0.2, 0.25) is 34.4 Å². The van der Waals surface area contributed by atoms with Crippen molar-refractivity contribution in [1.82, 2.24) is 43.9 Å². The fourth-order valence-corrected chi connectivity index (χ4v) is 15.4. The summed E-state index contributed by atoms with van der Waals surface area (Å²) in [6.45, 7) is 28.2. The van der Waals surface area contributed by atoms with Crippen LogP contribution in [0.25, 0.3) is 34.3 Å². The summed E-state index contributed by atoms with van der Waals surface area (Å²) in [7, 11) is -5.65. The van der Waals surface area contributed by atoms with Crippen molar-refractivity contribution in [3.63, 3.8) is 0 Å². The third-order valence-corrected chi connectivity index (χ3v) is 23.9. The number of nitrogens with zero attached hydrogens (tertiary/aromatic N) is 14. The molecule has 2 aliphatic rings. The predicted octanol–water partition coefficient (Wildman–Crippen LogP) is 18.0. The number of likely N-dealkylation sites (N-methyl/N-ethyl adjacent to an activating group) is 1. The summed E-state index contributed by atoms with van der Waals surface area (Å²) in [6, 6.07) is 41.2. The summed E-state index contributed by atoms with van der Waals surface area (Å²) in [5, 5.41) is 43.8. The number of hydrogen-bond acceptors (Lipinski definition) is 26. The van der Waals surface area contributed by atoms with E-state index in [0.717, 1.165) is 110 Å². The van der Waals surface area contributed by atoms with E-state index in [1.165, 1.54) is 62.7 Å². The maximum absolute atomic E-state index is 13.6. The smallest absolute Gasteiger partial charge is 0.338 e. The predicted molar refractivity (Wildman–Crippen MR) is 502 cm³/mol. The van der Waals surface area contributed by atoms with E-state index in [-0.39, 0.29) is 79.3 Å². The number of carbonyl (C=O) groups is 3. The van der Waals surface area contributed by atoms with Gasteiger partial charge >= 0.3 is 11.7 Å². The van der Waals surface area contributed by atoms with Gasteiger partial charge < -0.3 is 49.7 Å². The van der Waals surface area contributed by atoms with Crippen LogP contribution in [0.4, 0.5) is 62.7 Å². The number of nitriles is 2. The number of urea groups is 1. The van der Waals surface area contributed by atoms with E-state index in [2.05, 4.69) is 68.2 Å². The number of para-hydroxylation sites is 2. The number of aryl methyl sites for hydroxylation is 4. The van der Waals surface area contributed by atoms with Crippen LogP contribution in [0.1, 0.15) is 84.8 Å². The number of anilines is 10. The van der Waals surface area contributed by atoms with Gasteiger partial charge in [0.05, 0.1) is 72.6 Å². The number of allylic oxidation sites excluding steroid dienone is 11. The third-order valence-electron chi connectivity index (χ3n) is 21.1. The molecule has 0 atom stereocenters. The number of barbiturate groups is 1. The number of rotatable bonds is 21. The van der Waals surface area contributed by atoms with Crippen molar-refractivity contribution in [2.75, 3.05) is 45.2 Å². The zero-order valence-corrected chi connectivity index (χ0v) is 77.1.